The molecule has 0 spiro atoms. The van der Waals surface area contributed by atoms with Gasteiger partial charge in [-0.25, -0.2) is 13.6 Å². The second kappa shape index (κ2) is 13.1. The molecule has 2 N–H and O–H groups in total. The average Bonchev–Trinajstić information content (AvgIpc) is 2.94. The maximum Gasteiger partial charge on any atom is 0.324 e. The first-order chi connectivity index (χ1) is 18.6. The van der Waals surface area contributed by atoms with Crippen molar-refractivity contribution in [2.24, 2.45) is 0 Å². The Kier molecular flexibility index (Phi) is 10.3. The van der Waals surface area contributed by atoms with E-state index in [0.717, 1.165) is 35.4 Å². The monoisotopic (exact) mass is 579 g/mol. The van der Waals surface area contributed by atoms with Gasteiger partial charge < -0.3 is 20.1 Å². The van der Waals surface area contributed by atoms with Gasteiger partial charge in [-0.2, -0.15) is 0 Å². The molecule has 8 nitrogen and oxygen atoms in total. The summed E-state index contributed by atoms with van der Waals surface area (Å²) in [5, 5.41) is 6.19. The number of ether oxygens (including phenoxy) is 2. The number of rotatable bonds is 7. The van der Waals surface area contributed by atoms with Gasteiger partial charge in [0.1, 0.15) is 6.61 Å². The Morgan fingerprint density at radius 2 is 1.73 bits per heavy atom. The van der Waals surface area contributed by atoms with E-state index in [-0.39, 0.29) is 43.1 Å². The maximum atomic E-state index is 14.0. The molecule has 1 unspecified atom stereocenters. The van der Waals surface area contributed by atoms with Crippen LogP contribution in [-0.2, 0) is 24.5 Å². The van der Waals surface area contributed by atoms with Crippen LogP contribution < -0.4 is 10.6 Å². The van der Waals surface area contributed by atoms with Crippen LogP contribution >= 0.6 is 12.4 Å². The highest BCUT2D eigenvalue weighted by molar-refractivity contribution is 5.96. The van der Waals surface area contributed by atoms with E-state index < -0.39 is 40.6 Å². The molecule has 3 amide bonds. The van der Waals surface area contributed by atoms with Gasteiger partial charge in [0.15, 0.2) is 11.6 Å². The summed E-state index contributed by atoms with van der Waals surface area (Å²) in [5.41, 5.74) is -0.465. The van der Waals surface area contributed by atoms with Gasteiger partial charge >= 0.3 is 12.0 Å². The van der Waals surface area contributed by atoms with Gasteiger partial charge in [-0.15, -0.1) is 12.4 Å². The SMILES string of the molecule is COC(=O)C1(c2ccccc2)CCC(NCCNC(=O)N2C(=O)COC(C)(C)C2c2ccc(F)c(F)c2)CC1.Cl. The molecule has 1 aliphatic carbocycles. The number of esters is 1. The predicted octanol–water partition coefficient (Wildman–Crippen LogP) is 4.42. The fraction of sp³-hybridized carbons (Fsp3) is 0.483. The zero-order chi connectivity index (χ0) is 28.2. The van der Waals surface area contributed by atoms with Crippen molar-refractivity contribution < 1.29 is 32.6 Å². The fourth-order valence-electron chi connectivity index (χ4n) is 5.72. The van der Waals surface area contributed by atoms with Gasteiger partial charge in [0.05, 0.1) is 24.2 Å². The van der Waals surface area contributed by atoms with Crippen LogP contribution in [0.5, 0.6) is 0 Å². The van der Waals surface area contributed by atoms with Crippen molar-refractivity contribution in [1.29, 1.82) is 0 Å². The lowest BCUT2D eigenvalue weighted by Crippen LogP contribution is -2.58. The molecular weight excluding hydrogens is 544 g/mol. The van der Waals surface area contributed by atoms with E-state index in [4.69, 9.17) is 9.47 Å². The second-order valence-corrected chi connectivity index (χ2v) is 10.6. The number of urea groups is 1. The number of nitrogens with zero attached hydrogens (tertiary/aromatic N) is 1. The number of morpholine rings is 1. The van der Waals surface area contributed by atoms with Crippen molar-refractivity contribution in [3.8, 4) is 0 Å². The van der Waals surface area contributed by atoms with E-state index in [1.165, 1.54) is 13.2 Å². The number of benzene rings is 2. The van der Waals surface area contributed by atoms with Gasteiger partial charge in [0.2, 0.25) is 0 Å². The third-order valence-electron chi connectivity index (χ3n) is 7.81. The lowest BCUT2D eigenvalue weighted by molar-refractivity contribution is -0.165. The minimum atomic E-state index is -1.07. The highest BCUT2D eigenvalue weighted by atomic mass is 35.5. The predicted molar refractivity (Wildman–Crippen MR) is 147 cm³/mol. The highest BCUT2D eigenvalue weighted by Crippen LogP contribution is 2.41. The Balaban J connectivity index is 0.00000441. The number of carbonyl (C=O) groups excluding carboxylic acids is 3. The summed E-state index contributed by atoms with van der Waals surface area (Å²) in [6.45, 7) is 3.78. The topological polar surface area (TPSA) is 97.0 Å². The Morgan fingerprint density at radius 1 is 1.05 bits per heavy atom. The number of imide groups is 1. The molecule has 1 heterocycles. The average molecular weight is 580 g/mol. The smallest absolute Gasteiger partial charge is 0.324 e. The molecule has 11 heteroatoms. The summed E-state index contributed by atoms with van der Waals surface area (Å²) in [6.07, 6.45) is 2.79. The van der Waals surface area contributed by atoms with E-state index in [1.807, 2.05) is 30.3 Å². The Morgan fingerprint density at radius 3 is 2.35 bits per heavy atom. The zero-order valence-electron chi connectivity index (χ0n) is 22.9. The lowest BCUT2D eigenvalue weighted by Gasteiger charge is -2.44. The van der Waals surface area contributed by atoms with Crippen molar-refractivity contribution in [3.63, 3.8) is 0 Å². The van der Waals surface area contributed by atoms with Crippen LogP contribution in [0.1, 0.15) is 56.7 Å². The molecule has 2 aromatic rings. The van der Waals surface area contributed by atoms with Gasteiger partial charge in [0, 0.05) is 19.1 Å². The molecule has 4 rings (SSSR count). The first kappa shape index (κ1) is 31.4. The van der Waals surface area contributed by atoms with Gasteiger partial charge in [-0.05, 0) is 62.8 Å². The maximum absolute atomic E-state index is 14.0. The minimum Gasteiger partial charge on any atom is -0.468 e. The summed E-state index contributed by atoms with van der Waals surface area (Å²) in [4.78, 5) is 39.6. The first-order valence-corrected chi connectivity index (χ1v) is 13.1. The van der Waals surface area contributed by atoms with Crippen LogP contribution in [0.15, 0.2) is 48.5 Å². The third kappa shape index (κ3) is 6.45. The molecule has 2 aliphatic rings. The molecule has 1 atom stereocenters. The van der Waals surface area contributed by atoms with Crippen LogP contribution in [0.4, 0.5) is 13.6 Å². The van der Waals surface area contributed by atoms with Crippen LogP contribution in [0.2, 0.25) is 0 Å². The zero-order valence-corrected chi connectivity index (χ0v) is 23.7. The third-order valence-corrected chi connectivity index (χ3v) is 7.81. The number of nitrogens with one attached hydrogen (secondary N) is 2. The second-order valence-electron chi connectivity index (χ2n) is 10.6. The van der Waals surface area contributed by atoms with E-state index in [2.05, 4.69) is 10.6 Å². The molecule has 218 valence electrons. The van der Waals surface area contributed by atoms with Crippen molar-refractivity contribution in [1.82, 2.24) is 15.5 Å². The van der Waals surface area contributed by atoms with Crippen molar-refractivity contribution in [3.05, 3.63) is 71.3 Å². The molecule has 2 fully saturated rings. The molecule has 0 bridgehead atoms. The van der Waals surface area contributed by atoms with Crippen LogP contribution in [0, 0.1) is 11.6 Å². The summed E-state index contributed by atoms with van der Waals surface area (Å²) in [6, 6.07) is 11.6. The number of halogens is 3. The number of methoxy groups -OCH3 is 1. The largest absolute Gasteiger partial charge is 0.468 e. The highest BCUT2D eigenvalue weighted by Gasteiger charge is 2.47. The molecular formula is C29H36ClF2N3O5. The Bertz CT molecular complexity index is 1210. The Hall–Kier alpha value is -3.08. The first-order valence-electron chi connectivity index (χ1n) is 13.1. The van der Waals surface area contributed by atoms with E-state index in [9.17, 15) is 23.2 Å². The quantitative estimate of drug-likeness (QED) is 0.372. The fourth-order valence-corrected chi connectivity index (χ4v) is 5.72. The Labute approximate surface area is 239 Å². The van der Waals surface area contributed by atoms with Gasteiger partial charge in [-0.1, -0.05) is 36.4 Å². The van der Waals surface area contributed by atoms with Crippen molar-refractivity contribution in [2.45, 2.75) is 62.6 Å². The summed E-state index contributed by atoms with van der Waals surface area (Å²) >= 11 is 0. The number of hydrogen-bond donors (Lipinski definition) is 2. The van der Waals surface area contributed by atoms with E-state index in [1.54, 1.807) is 13.8 Å². The number of carbonyl (C=O) groups is 3. The summed E-state index contributed by atoms with van der Waals surface area (Å²) < 4.78 is 38.3. The normalized spacial score (nSPS) is 24.1. The number of hydrogen-bond acceptors (Lipinski definition) is 6. The van der Waals surface area contributed by atoms with Crippen LogP contribution in [0.3, 0.4) is 0 Å². The van der Waals surface area contributed by atoms with Crippen LogP contribution in [0.25, 0.3) is 0 Å². The molecule has 1 saturated heterocycles. The lowest BCUT2D eigenvalue weighted by atomic mass is 9.68. The van der Waals surface area contributed by atoms with Gasteiger partial charge in [0.25, 0.3) is 5.91 Å². The molecule has 40 heavy (non-hydrogen) atoms. The molecule has 1 saturated carbocycles. The van der Waals surface area contributed by atoms with Crippen LogP contribution in [-0.4, -0.2) is 61.3 Å². The molecule has 0 radical (unpaired) electrons. The van der Waals surface area contributed by atoms with Crippen molar-refractivity contribution >= 4 is 30.3 Å². The molecule has 2 aromatic carbocycles. The van der Waals surface area contributed by atoms with Gasteiger partial charge in [-0.3, -0.25) is 14.5 Å². The van der Waals surface area contributed by atoms with E-state index in [0.29, 0.717) is 19.4 Å². The summed E-state index contributed by atoms with van der Waals surface area (Å²) in [7, 11) is 1.41. The minimum absolute atomic E-state index is 0. The van der Waals surface area contributed by atoms with Crippen molar-refractivity contribution in [2.75, 3.05) is 26.8 Å². The molecule has 0 aromatic heterocycles. The molecule has 1 aliphatic heterocycles. The standard InChI is InChI=1S/C29H35F2N3O5.ClH/c1-28(2)25(19-9-10-22(30)23(31)17-19)34(24(35)18-39-28)27(37)33-16-15-32-21-11-13-29(14-12-21,26(36)38-3)20-7-5-4-6-8-20;/h4-10,17,21,25,32H,11-16,18H2,1-3H3,(H,33,37);1H. The van der Waals surface area contributed by atoms with E-state index >= 15 is 0 Å². The summed E-state index contributed by atoms with van der Waals surface area (Å²) in [5.74, 6) is -2.88. The number of amides is 3.